The molecule has 3 N–H and O–H groups in total. The second-order valence-corrected chi connectivity index (χ2v) is 3.72. The van der Waals surface area contributed by atoms with Crippen LogP contribution in [0.3, 0.4) is 0 Å². The minimum atomic E-state index is -0.513. The Morgan fingerprint density at radius 3 is 2.81 bits per heavy atom. The highest BCUT2D eigenvalue weighted by atomic mass is 35.5. The number of thiophene rings is 1. The molecule has 1 aromatic rings. The first-order valence-corrected chi connectivity index (χ1v) is 5.24. The molecule has 0 radical (unpaired) electrons. The number of nitrogens with two attached hydrogens (primary N) is 1. The molecule has 0 atom stereocenters. The molecule has 0 fully saturated rings. The smallest absolute Gasteiger partial charge is 0.324 e. The fourth-order valence-electron chi connectivity index (χ4n) is 0.946. The molecule has 6 nitrogen and oxygen atoms in total. The maximum Gasteiger partial charge on any atom is 0.324 e. The van der Waals surface area contributed by atoms with Crippen molar-refractivity contribution in [3.63, 3.8) is 0 Å². The van der Waals surface area contributed by atoms with Crippen LogP contribution in [0, 0.1) is 10.1 Å². The van der Waals surface area contributed by atoms with Gasteiger partial charge in [-0.15, -0.1) is 12.4 Å². The topological polar surface area (TPSA) is 98.3 Å². The lowest BCUT2D eigenvalue weighted by Gasteiger charge is -2.00. The van der Waals surface area contributed by atoms with Gasteiger partial charge in [0.1, 0.15) is 0 Å². The van der Waals surface area contributed by atoms with Gasteiger partial charge in [0, 0.05) is 18.0 Å². The molecule has 90 valence electrons. The number of nitrogens with zero attached hydrogens (tertiary/aromatic N) is 1. The van der Waals surface area contributed by atoms with Gasteiger partial charge in [0.25, 0.3) is 5.91 Å². The molecule has 0 saturated carbocycles. The summed E-state index contributed by atoms with van der Waals surface area (Å²) < 4.78 is 0. The van der Waals surface area contributed by atoms with Crippen molar-refractivity contribution < 1.29 is 9.72 Å². The minimum absolute atomic E-state index is 0. The molecule has 0 saturated heterocycles. The summed E-state index contributed by atoms with van der Waals surface area (Å²) in [7, 11) is 0. The number of rotatable bonds is 5. The van der Waals surface area contributed by atoms with Gasteiger partial charge < -0.3 is 11.1 Å². The van der Waals surface area contributed by atoms with Crippen molar-refractivity contribution in [2.24, 2.45) is 5.73 Å². The van der Waals surface area contributed by atoms with Gasteiger partial charge in [-0.3, -0.25) is 14.9 Å². The Morgan fingerprint density at radius 1 is 1.62 bits per heavy atom. The lowest BCUT2D eigenvalue weighted by molar-refractivity contribution is -0.380. The van der Waals surface area contributed by atoms with Crippen molar-refractivity contribution in [3.8, 4) is 0 Å². The van der Waals surface area contributed by atoms with Crippen molar-refractivity contribution in [3.05, 3.63) is 27.1 Å². The largest absolute Gasteiger partial charge is 0.352 e. The quantitative estimate of drug-likeness (QED) is 0.474. The van der Waals surface area contributed by atoms with Crippen molar-refractivity contribution in [1.82, 2.24) is 5.32 Å². The third kappa shape index (κ3) is 4.13. The molecule has 0 spiro atoms. The van der Waals surface area contributed by atoms with Crippen LogP contribution in [0.5, 0.6) is 0 Å². The standard InChI is InChI=1S/C8H11N3O3S.ClH/c9-2-1-3-10-8(12)6-4-7(11(13)14)15-5-6;/h4-5H,1-3,9H2,(H,10,12);1H. The predicted octanol–water partition coefficient (Wildman–Crippen LogP) is 1.16. The van der Waals surface area contributed by atoms with E-state index < -0.39 is 4.92 Å². The number of halogens is 1. The highest BCUT2D eigenvalue weighted by Crippen LogP contribution is 2.22. The molecule has 1 heterocycles. The van der Waals surface area contributed by atoms with E-state index in [1.165, 1.54) is 11.4 Å². The van der Waals surface area contributed by atoms with Crippen LogP contribution in [-0.2, 0) is 0 Å². The number of nitrogens with one attached hydrogen (secondary N) is 1. The van der Waals surface area contributed by atoms with Crippen LogP contribution in [0.4, 0.5) is 5.00 Å². The molecule has 0 unspecified atom stereocenters. The average molecular weight is 266 g/mol. The fraction of sp³-hybridized carbons (Fsp3) is 0.375. The Kier molecular flexibility index (Phi) is 6.63. The summed E-state index contributed by atoms with van der Waals surface area (Å²) in [4.78, 5) is 21.2. The summed E-state index contributed by atoms with van der Waals surface area (Å²) in [6.07, 6.45) is 0.692. The molecular formula is C8H12ClN3O3S. The summed E-state index contributed by atoms with van der Waals surface area (Å²) in [5.41, 5.74) is 5.58. The van der Waals surface area contributed by atoms with Crippen LogP contribution in [0.1, 0.15) is 16.8 Å². The monoisotopic (exact) mass is 265 g/mol. The lowest BCUT2D eigenvalue weighted by Crippen LogP contribution is -2.25. The van der Waals surface area contributed by atoms with E-state index in [0.29, 0.717) is 25.1 Å². The second kappa shape index (κ2) is 7.15. The first-order valence-electron chi connectivity index (χ1n) is 4.36. The molecule has 0 aliphatic heterocycles. The van der Waals surface area contributed by atoms with E-state index in [9.17, 15) is 14.9 Å². The van der Waals surface area contributed by atoms with Gasteiger partial charge in [0.15, 0.2) is 0 Å². The van der Waals surface area contributed by atoms with E-state index in [1.54, 1.807) is 0 Å². The second-order valence-electron chi connectivity index (χ2n) is 2.83. The maximum atomic E-state index is 11.4. The van der Waals surface area contributed by atoms with Crippen molar-refractivity contribution >= 4 is 34.7 Å². The number of hydrogen-bond acceptors (Lipinski definition) is 5. The Balaban J connectivity index is 0.00000225. The number of nitro groups is 1. The third-order valence-corrected chi connectivity index (χ3v) is 2.57. The van der Waals surface area contributed by atoms with E-state index in [2.05, 4.69) is 5.32 Å². The summed E-state index contributed by atoms with van der Waals surface area (Å²) in [5, 5.41) is 14.4. The summed E-state index contributed by atoms with van der Waals surface area (Å²) in [5.74, 6) is -0.298. The van der Waals surface area contributed by atoms with Crippen LogP contribution in [0.15, 0.2) is 11.4 Å². The summed E-state index contributed by atoms with van der Waals surface area (Å²) in [6.45, 7) is 0.989. The number of carbonyl (C=O) groups excluding carboxylic acids is 1. The van der Waals surface area contributed by atoms with Crippen LogP contribution < -0.4 is 11.1 Å². The van der Waals surface area contributed by atoms with Crippen LogP contribution in [0.2, 0.25) is 0 Å². The van der Waals surface area contributed by atoms with Gasteiger partial charge in [0.2, 0.25) is 0 Å². The lowest BCUT2D eigenvalue weighted by atomic mass is 10.3. The molecule has 16 heavy (non-hydrogen) atoms. The molecule has 0 bridgehead atoms. The number of amides is 1. The van der Waals surface area contributed by atoms with Gasteiger partial charge in [-0.1, -0.05) is 11.3 Å². The molecule has 0 aliphatic rings. The van der Waals surface area contributed by atoms with Crippen molar-refractivity contribution in [1.29, 1.82) is 0 Å². The van der Waals surface area contributed by atoms with Crippen LogP contribution in [0.25, 0.3) is 0 Å². The summed E-state index contributed by atoms with van der Waals surface area (Å²) >= 11 is 0.941. The number of carbonyl (C=O) groups is 1. The molecule has 8 heteroatoms. The predicted molar refractivity (Wildman–Crippen MR) is 64.2 cm³/mol. The molecule has 0 aliphatic carbocycles. The third-order valence-electron chi connectivity index (χ3n) is 1.69. The van der Waals surface area contributed by atoms with Gasteiger partial charge in [-0.05, 0) is 13.0 Å². The average Bonchev–Trinajstić information content (AvgIpc) is 2.66. The first kappa shape index (κ1) is 14.8. The van der Waals surface area contributed by atoms with Gasteiger partial charge in [-0.25, -0.2) is 0 Å². The normalized spacial score (nSPS) is 9.31. The Morgan fingerprint density at radius 2 is 2.31 bits per heavy atom. The highest BCUT2D eigenvalue weighted by Gasteiger charge is 2.14. The molecule has 0 aromatic carbocycles. The Labute approximate surface area is 102 Å². The molecule has 1 aromatic heterocycles. The molecular weight excluding hydrogens is 254 g/mol. The zero-order valence-corrected chi connectivity index (χ0v) is 9.97. The van der Waals surface area contributed by atoms with Gasteiger partial charge in [0.05, 0.1) is 10.5 Å². The van der Waals surface area contributed by atoms with Crippen LogP contribution in [-0.4, -0.2) is 23.9 Å². The van der Waals surface area contributed by atoms with Crippen molar-refractivity contribution in [2.75, 3.05) is 13.1 Å². The zero-order valence-electron chi connectivity index (χ0n) is 8.34. The van der Waals surface area contributed by atoms with Gasteiger partial charge >= 0.3 is 5.00 Å². The van der Waals surface area contributed by atoms with Crippen molar-refractivity contribution in [2.45, 2.75) is 6.42 Å². The van der Waals surface area contributed by atoms with E-state index in [0.717, 1.165) is 11.3 Å². The molecule has 1 rings (SSSR count). The SMILES string of the molecule is Cl.NCCCNC(=O)c1csc([N+](=O)[O-])c1. The van der Waals surface area contributed by atoms with Gasteiger partial charge in [-0.2, -0.15) is 0 Å². The molecule has 1 amide bonds. The van der Waals surface area contributed by atoms with E-state index in [-0.39, 0.29) is 23.3 Å². The summed E-state index contributed by atoms with van der Waals surface area (Å²) in [6, 6.07) is 1.27. The minimum Gasteiger partial charge on any atom is -0.352 e. The Hall–Kier alpha value is -1.18. The Bertz CT molecular complexity index is 369. The van der Waals surface area contributed by atoms with E-state index in [4.69, 9.17) is 5.73 Å². The number of hydrogen-bond donors (Lipinski definition) is 2. The maximum absolute atomic E-state index is 11.4. The zero-order chi connectivity index (χ0) is 11.3. The van der Waals surface area contributed by atoms with Crippen LogP contribution >= 0.6 is 23.7 Å². The first-order chi connectivity index (χ1) is 7.15. The van der Waals surface area contributed by atoms with E-state index in [1.807, 2.05) is 0 Å². The van der Waals surface area contributed by atoms with E-state index >= 15 is 0 Å². The fourth-order valence-corrected chi connectivity index (χ4v) is 1.65. The highest BCUT2D eigenvalue weighted by molar-refractivity contribution is 7.13.